The molecule has 2 heterocycles. The Kier molecular flexibility index (Phi) is 4.29. The molecule has 27 heavy (non-hydrogen) atoms. The average molecular weight is 371 g/mol. The van der Waals surface area contributed by atoms with Crippen molar-refractivity contribution in [1.82, 2.24) is 4.98 Å². The van der Waals surface area contributed by atoms with E-state index >= 15 is 0 Å². The molecule has 0 spiro atoms. The van der Waals surface area contributed by atoms with Crippen LogP contribution in [0.3, 0.4) is 0 Å². The van der Waals surface area contributed by atoms with Crippen molar-refractivity contribution >= 4 is 38.8 Å². The molecule has 0 fully saturated rings. The van der Waals surface area contributed by atoms with E-state index in [4.69, 9.17) is 0 Å². The number of nitriles is 1. The van der Waals surface area contributed by atoms with Crippen molar-refractivity contribution in [2.75, 3.05) is 5.32 Å². The maximum Gasteiger partial charge on any atom is 0.345 e. The number of carboxylic acid groups (broad SMARTS) is 1. The summed E-state index contributed by atoms with van der Waals surface area (Å²) in [5.41, 5.74) is 3.99. The zero-order valence-electron chi connectivity index (χ0n) is 14.0. The van der Waals surface area contributed by atoms with Gasteiger partial charge in [-0.1, -0.05) is 42.5 Å². The van der Waals surface area contributed by atoms with Crippen molar-refractivity contribution in [3.05, 3.63) is 77.4 Å². The SMILES string of the molecule is N#Cc1ncc(Nc2ccc(-c3ccccc3)cc2)c2cc(C(=O)O)sc12. The first kappa shape index (κ1) is 16.8. The van der Waals surface area contributed by atoms with Crippen LogP contribution >= 0.6 is 11.3 Å². The first-order chi connectivity index (χ1) is 13.2. The number of benzene rings is 2. The number of carbonyl (C=O) groups is 1. The van der Waals surface area contributed by atoms with Crippen molar-refractivity contribution in [1.29, 1.82) is 5.26 Å². The summed E-state index contributed by atoms with van der Waals surface area (Å²) >= 11 is 1.06. The highest BCUT2D eigenvalue weighted by atomic mass is 32.1. The smallest absolute Gasteiger partial charge is 0.345 e. The average Bonchev–Trinajstić information content (AvgIpc) is 3.16. The molecule has 0 bridgehead atoms. The normalized spacial score (nSPS) is 10.5. The number of aromatic nitrogens is 1. The van der Waals surface area contributed by atoms with Gasteiger partial charge in [-0.05, 0) is 29.3 Å². The van der Waals surface area contributed by atoms with Crippen LogP contribution in [0.15, 0.2) is 66.9 Å². The van der Waals surface area contributed by atoms with Crippen LogP contribution in [0, 0.1) is 11.3 Å². The van der Waals surface area contributed by atoms with Crippen LogP contribution in [0.4, 0.5) is 11.4 Å². The van der Waals surface area contributed by atoms with Crippen molar-refractivity contribution < 1.29 is 9.90 Å². The maximum absolute atomic E-state index is 11.3. The number of thiophene rings is 1. The first-order valence-electron chi connectivity index (χ1n) is 8.14. The van der Waals surface area contributed by atoms with Gasteiger partial charge >= 0.3 is 5.97 Å². The Morgan fingerprint density at radius 2 is 1.78 bits per heavy atom. The van der Waals surface area contributed by atoms with Crippen LogP contribution < -0.4 is 5.32 Å². The Labute approximate surface area is 159 Å². The number of nitrogens with zero attached hydrogens (tertiary/aromatic N) is 2. The molecule has 0 aliphatic heterocycles. The summed E-state index contributed by atoms with van der Waals surface area (Å²) in [4.78, 5) is 15.6. The van der Waals surface area contributed by atoms with Crippen LogP contribution in [-0.4, -0.2) is 16.1 Å². The molecule has 2 aromatic heterocycles. The number of nitrogens with one attached hydrogen (secondary N) is 1. The van der Waals surface area contributed by atoms with Crippen molar-refractivity contribution in [3.63, 3.8) is 0 Å². The summed E-state index contributed by atoms with van der Waals surface area (Å²) in [7, 11) is 0. The summed E-state index contributed by atoms with van der Waals surface area (Å²) in [6, 6.07) is 21.6. The van der Waals surface area contributed by atoms with Gasteiger partial charge in [0.1, 0.15) is 10.9 Å². The molecular formula is C21H13N3O2S. The van der Waals surface area contributed by atoms with Crippen LogP contribution in [0.1, 0.15) is 15.4 Å². The molecule has 4 aromatic rings. The van der Waals surface area contributed by atoms with Gasteiger partial charge in [-0.3, -0.25) is 0 Å². The van der Waals surface area contributed by atoms with Crippen LogP contribution in [0.5, 0.6) is 0 Å². The summed E-state index contributed by atoms with van der Waals surface area (Å²) in [6.45, 7) is 0. The highest BCUT2D eigenvalue weighted by Gasteiger charge is 2.15. The van der Waals surface area contributed by atoms with E-state index in [1.165, 1.54) is 0 Å². The lowest BCUT2D eigenvalue weighted by Gasteiger charge is -2.09. The lowest BCUT2D eigenvalue weighted by molar-refractivity contribution is 0.0702. The quantitative estimate of drug-likeness (QED) is 0.510. The van der Waals surface area contributed by atoms with Crippen molar-refractivity contribution in [2.45, 2.75) is 0 Å². The van der Waals surface area contributed by atoms with E-state index < -0.39 is 5.97 Å². The zero-order chi connectivity index (χ0) is 18.8. The molecule has 130 valence electrons. The van der Waals surface area contributed by atoms with Crippen molar-refractivity contribution in [2.24, 2.45) is 0 Å². The Hall–Kier alpha value is -3.69. The topological polar surface area (TPSA) is 86.0 Å². The fourth-order valence-corrected chi connectivity index (χ4v) is 3.80. The third-order valence-corrected chi connectivity index (χ3v) is 5.28. The predicted molar refractivity (Wildman–Crippen MR) is 106 cm³/mol. The number of pyridine rings is 1. The lowest BCUT2D eigenvalue weighted by atomic mass is 10.1. The Morgan fingerprint density at radius 1 is 1.07 bits per heavy atom. The van der Waals surface area contributed by atoms with Gasteiger partial charge in [0.05, 0.1) is 16.6 Å². The summed E-state index contributed by atoms with van der Waals surface area (Å²) < 4.78 is 0.570. The predicted octanol–water partition coefficient (Wildman–Crippen LogP) is 5.28. The van der Waals surface area contributed by atoms with Crippen LogP contribution in [0.2, 0.25) is 0 Å². The number of hydrogen-bond donors (Lipinski definition) is 2. The number of rotatable bonds is 4. The molecule has 0 aliphatic rings. The Bertz CT molecular complexity index is 1180. The Balaban J connectivity index is 1.69. The minimum atomic E-state index is -1.02. The van der Waals surface area contributed by atoms with Gasteiger partial charge in [-0.25, -0.2) is 9.78 Å². The molecular weight excluding hydrogens is 358 g/mol. The van der Waals surface area contributed by atoms with Crippen LogP contribution in [-0.2, 0) is 0 Å². The van der Waals surface area contributed by atoms with Gasteiger partial charge in [0.15, 0.2) is 5.69 Å². The molecule has 0 saturated carbocycles. The molecule has 2 aromatic carbocycles. The Morgan fingerprint density at radius 3 is 2.44 bits per heavy atom. The highest BCUT2D eigenvalue weighted by molar-refractivity contribution is 7.21. The minimum absolute atomic E-state index is 0.178. The molecule has 0 saturated heterocycles. The number of carboxylic acids is 1. The highest BCUT2D eigenvalue weighted by Crippen LogP contribution is 2.34. The number of hydrogen-bond acceptors (Lipinski definition) is 5. The fraction of sp³-hybridized carbons (Fsp3) is 0. The molecule has 6 heteroatoms. The summed E-state index contributed by atoms with van der Waals surface area (Å²) in [5, 5.41) is 22.4. The molecule has 0 amide bonds. The largest absolute Gasteiger partial charge is 0.477 e. The van der Waals surface area contributed by atoms with E-state index in [0.717, 1.165) is 28.2 Å². The molecule has 5 nitrogen and oxygen atoms in total. The molecule has 0 radical (unpaired) electrons. The number of aromatic carboxylic acids is 1. The second kappa shape index (κ2) is 6.90. The minimum Gasteiger partial charge on any atom is -0.477 e. The van der Waals surface area contributed by atoms with Gasteiger partial charge in [-0.15, -0.1) is 11.3 Å². The van der Waals surface area contributed by atoms with Gasteiger partial charge in [0, 0.05) is 11.1 Å². The summed E-state index contributed by atoms with van der Waals surface area (Å²) in [5.74, 6) is -1.02. The van der Waals surface area contributed by atoms with Crippen LogP contribution in [0.25, 0.3) is 21.2 Å². The molecule has 4 rings (SSSR count). The third kappa shape index (κ3) is 3.24. The first-order valence-corrected chi connectivity index (χ1v) is 8.96. The molecule has 0 aliphatic carbocycles. The van der Waals surface area contributed by atoms with Gasteiger partial charge in [0.2, 0.25) is 0 Å². The standard InChI is InChI=1S/C21H13N3O2S/c22-11-17-20-16(10-19(27-20)21(25)26)18(12-23-17)24-15-8-6-14(7-9-15)13-4-2-1-3-5-13/h1-10,12,24H,(H,25,26). The second-order valence-electron chi connectivity index (χ2n) is 5.86. The van der Waals surface area contributed by atoms with Gasteiger partial charge < -0.3 is 10.4 Å². The molecule has 0 unspecified atom stereocenters. The second-order valence-corrected chi connectivity index (χ2v) is 6.91. The maximum atomic E-state index is 11.3. The van der Waals surface area contributed by atoms with Gasteiger partial charge in [0.25, 0.3) is 0 Å². The number of anilines is 2. The number of fused-ring (bicyclic) bond motifs is 1. The van der Waals surface area contributed by atoms with E-state index in [-0.39, 0.29) is 10.6 Å². The third-order valence-electron chi connectivity index (χ3n) is 4.15. The van der Waals surface area contributed by atoms with E-state index in [0.29, 0.717) is 15.8 Å². The van der Waals surface area contributed by atoms with Crippen molar-refractivity contribution in [3.8, 4) is 17.2 Å². The van der Waals surface area contributed by atoms with E-state index in [9.17, 15) is 15.2 Å². The van der Waals surface area contributed by atoms with E-state index in [1.807, 2.05) is 48.5 Å². The zero-order valence-corrected chi connectivity index (χ0v) is 14.8. The van der Waals surface area contributed by atoms with E-state index in [1.54, 1.807) is 12.3 Å². The monoisotopic (exact) mass is 371 g/mol. The lowest BCUT2D eigenvalue weighted by Crippen LogP contribution is -1.93. The van der Waals surface area contributed by atoms with E-state index in [2.05, 4.69) is 22.4 Å². The fourth-order valence-electron chi connectivity index (χ4n) is 2.84. The summed E-state index contributed by atoms with van der Waals surface area (Å²) in [6.07, 6.45) is 1.56. The molecule has 2 N–H and O–H groups in total. The van der Waals surface area contributed by atoms with Gasteiger partial charge in [-0.2, -0.15) is 5.26 Å². The molecule has 0 atom stereocenters.